The fraction of sp³-hybridized carbons (Fsp3) is 0.182. The molecule has 4 rings (SSSR count). The molecule has 0 aliphatic rings. The van der Waals surface area contributed by atoms with Gasteiger partial charge in [0, 0.05) is 0 Å². The molecule has 228 valence electrons. The summed E-state index contributed by atoms with van der Waals surface area (Å²) < 4.78 is 39.2. The van der Waals surface area contributed by atoms with Gasteiger partial charge < -0.3 is 14.8 Å². The molecule has 0 saturated carbocycles. The van der Waals surface area contributed by atoms with Crippen LogP contribution in [0, 0.1) is 6.92 Å². The highest BCUT2D eigenvalue weighted by molar-refractivity contribution is 7.92. The number of para-hydroxylation sites is 2. The highest BCUT2D eigenvalue weighted by Gasteiger charge is 2.29. The summed E-state index contributed by atoms with van der Waals surface area (Å²) in [5.74, 6) is -0.118. The number of benzene rings is 4. The van der Waals surface area contributed by atoms with Crippen molar-refractivity contribution in [2.24, 2.45) is 5.10 Å². The van der Waals surface area contributed by atoms with Gasteiger partial charge in [-0.3, -0.25) is 13.9 Å². The zero-order chi connectivity index (χ0) is 31.5. The fourth-order valence-electron chi connectivity index (χ4n) is 4.22. The van der Waals surface area contributed by atoms with Crippen LogP contribution in [-0.2, 0) is 19.6 Å². The SMILES string of the molecule is COc1ccccc1N(CC(=O)N/N=C\c1ccc(OCC(=O)N[C@H](C)c2ccccc2)cc1)S(=O)(=O)c1ccc(C)cc1. The highest BCUT2D eigenvalue weighted by atomic mass is 32.2. The molecule has 0 aromatic heterocycles. The first kappa shape index (κ1) is 31.8. The van der Waals surface area contributed by atoms with Crippen molar-refractivity contribution in [3.63, 3.8) is 0 Å². The maximum atomic E-state index is 13.6. The van der Waals surface area contributed by atoms with E-state index in [1.807, 2.05) is 44.2 Å². The van der Waals surface area contributed by atoms with E-state index in [9.17, 15) is 18.0 Å². The van der Waals surface area contributed by atoms with Gasteiger partial charge in [-0.25, -0.2) is 13.8 Å². The number of anilines is 1. The Morgan fingerprint density at radius 1 is 0.886 bits per heavy atom. The number of carbonyl (C=O) groups is 2. The molecule has 0 spiro atoms. The number of sulfonamides is 1. The molecule has 4 aromatic carbocycles. The van der Waals surface area contributed by atoms with E-state index in [4.69, 9.17) is 9.47 Å². The Bertz CT molecular complexity index is 1690. The van der Waals surface area contributed by atoms with Crippen molar-refractivity contribution < 1.29 is 27.5 Å². The number of hydrazone groups is 1. The minimum Gasteiger partial charge on any atom is -0.495 e. The summed E-state index contributed by atoms with van der Waals surface area (Å²) in [4.78, 5) is 25.2. The monoisotopic (exact) mass is 614 g/mol. The van der Waals surface area contributed by atoms with Gasteiger partial charge in [-0.1, -0.05) is 60.2 Å². The van der Waals surface area contributed by atoms with E-state index in [0.29, 0.717) is 17.1 Å². The molecule has 1 atom stereocenters. The van der Waals surface area contributed by atoms with Gasteiger partial charge in [0.1, 0.15) is 18.0 Å². The van der Waals surface area contributed by atoms with Gasteiger partial charge in [-0.05, 0) is 73.5 Å². The van der Waals surface area contributed by atoms with Crippen molar-refractivity contribution in [1.82, 2.24) is 10.7 Å². The number of rotatable bonds is 13. The predicted octanol–water partition coefficient (Wildman–Crippen LogP) is 4.61. The number of amides is 2. The zero-order valence-corrected chi connectivity index (χ0v) is 25.5. The number of hydrogen-bond acceptors (Lipinski definition) is 7. The van der Waals surface area contributed by atoms with Crippen LogP contribution in [0.15, 0.2) is 113 Å². The molecule has 0 bridgehead atoms. The smallest absolute Gasteiger partial charge is 0.264 e. The Labute approximate surface area is 257 Å². The predicted molar refractivity (Wildman–Crippen MR) is 169 cm³/mol. The molecule has 0 heterocycles. The molecule has 0 aliphatic heterocycles. The van der Waals surface area contributed by atoms with Crippen LogP contribution >= 0.6 is 0 Å². The number of carbonyl (C=O) groups excluding carboxylic acids is 2. The largest absolute Gasteiger partial charge is 0.495 e. The number of methoxy groups -OCH3 is 1. The minimum atomic E-state index is -4.12. The van der Waals surface area contributed by atoms with Crippen LogP contribution in [0.3, 0.4) is 0 Å². The van der Waals surface area contributed by atoms with Crippen molar-refractivity contribution in [3.05, 3.63) is 120 Å². The van der Waals surface area contributed by atoms with E-state index in [1.54, 1.807) is 60.7 Å². The first-order chi connectivity index (χ1) is 21.2. The van der Waals surface area contributed by atoms with Crippen LogP contribution in [0.5, 0.6) is 11.5 Å². The molecule has 0 fully saturated rings. The topological polar surface area (TPSA) is 126 Å². The molecule has 2 amide bonds. The number of nitrogens with one attached hydrogen (secondary N) is 2. The van der Waals surface area contributed by atoms with Gasteiger partial charge in [-0.15, -0.1) is 0 Å². The van der Waals surface area contributed by atoms with Gasteiger partial charge in [0.2, 0.25) is 0 Å². The third-order valence-corrected chi connectivity index (χ3v) is 8.35. The Morgan fingerprint density at radius 2 is 1.55 bits per heavy atom. The molecule has 0 radical (unpaired) electrons. The number of ether oxygens (including phenoxy) is 2. The summed E-state index contributed by atoms with van der Waals surface area (Å²) >= 11 is 0. The van der Waals surface area contributed by atoms with Crippen molar-refractivity contribution in [2.45, 2.75) is 24.8 Å². The van der Waals surface area contributed by atoms with Gasteiger partial charge in [0.25, 0.3) is 21.8 Å². The lowest BCUT2D eigenvalue weighted by molar-refractivity contribution is -0.123. The van der Waals surface area contributed by atoms with Crippen molar-refractivity contribution in [3.8, 4) is 11.5 Å². The summed E-state index contributed by atoms with van der Waals surface area (Å²) in [7, 11) is -2.69. The summed E-state index contributed by atoms with van der Waals surface area (Å²) in [6.45, 7) is 3.08. The molecule has 4 aromatic rings. The van der Waals surface area contributed by atoms with Crippen molar-refractivity contribution in [2.75, 3.05) is 24.6 Å². The van der Waals surface area contributed by atoms with Crippen LogP contribution in [-0.4, -0.2) is 46.7 Å². The second-order valence-electron chi connectivity index (χ2n) is 9.85. The average Bonchev–Trinajstić information content (AvgIpc) is 3.03. The zero-order valence-electron chi connectivity index (χ0n) is 24.6. The molecule has 11 heteroatoms. The molecule has 0 unspecified atom stereocenters. The van der Waals surface area contributed by atoms with E-state index >= 15 is 0 Å². The first-order valence-corrected chi connectivity index (χ1v) is 15.2. The third-order valence-electron chi connectivity index (χ3n) is 6.58. The van der Waals surface area contributed by atoms with Crippen LogP contribution in [0.25, 0.3) is 0 Å². The lowest BCUT2D eigenvalue weighted by Gasteiger charge is -2.25. The lowest BCUT2D eigenvalue weighted by atomic mass is 10.1. The van der Waals surface area contributed by atoms with Gasteiger partial charge in [0.15, 0.2) is 6.61 Å². The Kier molecular flexibility index (Phi) is 10.7. The van der Waals surface area contributed by atoms with E-state index < -0.39 is 22.5 Å². The second kappa shape index (κ2) is 14.8. The normalized spacial score (nSPS) is 11.9. The van der Waals surface area contributed by atoms with E-state index in [-0.39, 0.29) is 29.1 Å². The lowest BCUT2D eigenvalue weighted by Crippen LogP contribution is -2.39. The number of nitrogens with zero attached hydrogens (tertiary/aromatic N) is 2. The Balaban J connectivity index is 1.35. The standard InChI is InChI=1S/C33H34N4O6S/c1-24-13-19-29(20-14-24)44(40,41)37(30-11-7-8-12-31(30)42-3)22-32(38)36-34-21-26-15-17-28(18-16-26)43-23-33(39)35-25(2)27-9-5-4-6-10-27/h4-21,25H,22-23H2,1-3H3,(H,35,39)(H,36,38)/b34-21-/t25-/m1/s1. The highest BCUT2D eigenvalue weighted by Crippen LogP contribution is 2.32. The Hall–Kier alpha value is -5.16. The minimum absolute atomic E-state index is 0.0378. The van der Waals surface area contributed by atoms with Crippen LogP contribution in [0.2, 0.25) is 0 Å². The average molecular weight is 615 g/mol. The fourth-order valence-corrected chi connectivity index (χ4v) is 5.66. The summed E-state index contributed by atoms with van der Waals surface area (Å²) in [6.07, 6.45) is 1.41. The summed E-state index contributed by atoms with van der Waals surface area (Å²) in [6, 6.07) is 29.2. The number of hydrogen-bond donors (Lipinski definition) is 2. The second-order valence-corrected chi connectivity index (χ2v) is 11.7. The molecular formula is C33H34N4O6S. The van der Waals surface area contributed by atoms with Gasteiger partial charge in [0.05, 0.1) is 29.9 Å². The molecule has 10 nitrogen and oxygen atoms in total. The number of aryl methyl sites for hydroxylation is 1. The maximum Gasteiger partial charge on any atom is 0.264 e. The molecular weight excluding hydrogens is 580 g/mol. The summed E-state index contributed by atoms with van der Waals surface area (Å²) in [5, 5.41) is 6.87. The molecule has 2 N–H and O–H groups in total. The third kappa shape index (κ3) is 8.45. The van der Waals surface area contributed by atoms with Gasteiger partial charge >= 0.3 is 0 Å². The van der Waals surface area contributed by atoms with Crippen molar-refractivity contribution >= 4 is 33.7 Å². The quantitative estimate of drug-likeness (QED) is 0.167. The van der Waals surface area contributed by atoms with E-state index in [0.717, 1.165) is 15.4 Å². The van der Waals surface area contributed by atoms with Crippen LogP contribution in [0.4, 0.5) is 5.69 Å². The molecule has 44 heavy (non-hydrogen) atoms. The first-order valence-electron chi connectivity index (χ1n) is 13.8. The molecule has 0 saturated heterocycles. The van der Waals surface area contributed by atoms with Crippen LogP contribution < -0.4 is 24.5 Å². The van der Waals surface area contributed by atoms with E-state index in [1.165, 1.54) is 25.5 Å². The summed E-state index contributed by atoms with van der Waals surface area (Å²) in [5.41, 5.74) is 5.15. The van der Waals surface area contributed by atoms with Crippen molar-refractivity contribution in [1.29, 1.82) is 0 Å². The van der Waals surface area contributed by atoms with E-state index in [2.05, 4.69) is 15.8 Å². The van der Waals surface area contributed by atoms with Crippen LogP contribution in [0.1, 0.15) is 29.7 Å². The van der Waals surface area contributed by atoms with Gasteiger partial charge in [-0.2, -0.15) is 5.10 Å². The molecule has 0 aliphatic carbocycles. The Morgan fingerprint density at radius 3 is 2.23 bits per heavy atom. The maximum absolute atomic E-state index is 13.6.